The number of nitrogens with zero attached hydrogens (tertiary/aromatic N) is 1. The van der Waals surface area contributed by atoms with E-state index in [1.807, 2.05) is 0 Å². The normalized spacial score (nSPS) is 22.2. The Morgan fingerprint density at radius 2 is 1.91 bits per heavy atom. The molecule has 0 aromatic heterocycles. The van der Waals surface area contributed by atoms with Gasteiger partial charge in [-0.15, -0.1) is 0 Å². The van der Waals surface area contributed by atoms with Crippen molar-refractivity contribution in [1.82, 2.24) is 10.2 Å². The molecule has 4 nitrogen and oxygen atoms in total. The maximum absolute atomic E-state index is 12.6. The Balaban J connectivity index is 1.66. The summed E-state index contributed by atoms with van der Waals surface area (Å²) >= 11 is 0. The molecule has 0 unspecified atom stereocenters. The molecule has 1 aliphatic carbocycles. The number of carbonyl (C=O) groups excluding carboxylic acids is 1. The summed E-state index contributed by atoms with van der Waals surface area (Å²) in [5, 5.41) is 13.3. The number of benzene rings is 1. The van der Waals surface area contributed by atoms with E-state index in [-0.39, 0.29) is 18.0 Å². The van der Waals surface area contributed by atoms with Crippen LogP contribution < -0.4 is 5.32 Å². The molecule has 0 saturated heterocycles. The van der Waals surface area contributed by atoms with Gasteiger partial charge in [-0.25, -0.2) is 0 Å². The third-order valence-electron chi connectivity index (χ3n) is 5.28. The van der Waals surface area contributed by atoms with Gasteiger partial charge in [-0.3, -0.25) is 9.69 Å². The lowest BCUT2D eigenvalue weighted by Crippen LogP contribution is -2.56. The largest absolute Gasteiger partial charge is 0.390 e. The van der Waals surface area contributed by atoms with Gasteiger partial charge in [-0.2, -0.15) is 0 Å². The molecule has 1 aliphatic heterocycles. The summed E-state index contributed by atoms with van der Waals surface area (Å²) < 4.78 is 0. The SMILES string of the molecule is C[C@H](O)[C@@H](NC(=O)C1CCCCC1)N1CCc2ccccc2C1. The predicted octanol–water partition coefficient (Wildman–Crippen LogP) is 2.45. The number of carbonyl (C=O) groups is 1. The van der Waals surface area contributed by atoms with Crippen LogP contribution in [0.3, 0.4) is 0 Å². The fraction of sp³-hybridized carbons (Fsp3) is 0.632. The summed E-state index contributed by atoms with van der Waals surface area (Å²) in [7, 11) is 0. The average molecular weight is 316 g/mol. The number of amides is 1. The van der Waals surface area contributed by atoms with E-state index in [1.54, 1.807) is 6.92 Å². The van der Waals surface area contributed by atoms with E-state index in [2.05, 4.69) is 34.5 Å². The van der Waals surface area contributed by atoms with E-state index in [4.69, 9.17) is 0 Å². The topological polar surface area (TPSA) is 52.6 Å². The van der Waals surface area contributed by atoms with Crippen molar-refractivity contribution >= 4 is 5.91 Å². The third kappa shape index (κ3) is 3.93. The summed E-state index contributed by atoms with van der Waals surface area (Å²) in [5.41, 5.74) is 2.68. The number of aliphatic hydroxyl groups excluding tert-OH is 1. The Bertz CT molecular complexity index is 538. The molecule has 0 spiro atoms. The summed E-state index contributed by atoms with van der Waals surface area (Å²) in [5.74, 6) is 0.247. The third-order valence-corrected chi connectivity index (χ3v) is 5.28. The molecule has 2 atom stereocenters. The summed E-state index contributed by atoms with van der Waals surface area (Å²) in [6.45, 7) is 3.43. The maximum Gasteiger partial charge on any atom is 0.224 e. The molecule has 2 N–H and O–H groups in total. The van der Waals surface area contributed by atoms with E-state index in [9.17, 15) is 9.90 Å². The first-order valence-corrected chi connectivity index (χ1v) is 8.94. The zero-order valence-electron chi connectivity index (χ0n) is 14.0. The number of aliphatic hydroxyl groups is 1. The molecule has 4 heteroatoms. The summed E-state index contributed by atoms with van der Waals surface area (Å²) in [6, 6.07) is 8.44. The monoisotopic (exact) mass is 316 g/mol. The maximum atomic E-state index is 12.6. The minimum Gasteiger partial charge on any atom is -0.390 e. The van der Waals surface area contributed by atoms with Crippen LogP contribution in [0, 0.1) is 5.92 Å². The van der Waals surface area contributed by atoms with Crippen LogP contribution in [0.2, 0.25) is 0 Å². The smallest absolute Gasteiger partial charge is 0.224 e. The van der Waals surface area contributed by atoms with Gasteiger partial charge in [-0.1, -0.05) is 43.5 Å². The van der Waals surface area contributed by atoms with Crippen molar-refractivity contribution < 1.29 is 9.90 Å². The molecular weight excluding hydrogens is 288 g/mol. The first-order valence-electron chi connectivity index (χ1n) is 8.94. The summed E-state index contributed by atoms with van der Waals surface area (Å²) in [6.07, 6.45) is 5.61. The van der Waals surface area contributed by atoms with E-state index in [1.165, 1.54) is 17.5 Å². The van der Waals surface area contributed by atoms with Crippen LogP contribution in [0.4, 0.5) is 0 Å². The zero-order valence-corrected chi connectivity index (χ0v) is 14.0. The van der Waals surface area contributed by atoms with Crippen LogP contribution >= 0.6 is 0 Å². The first kappa shape index (κ1) is 16.5. The molecular formula is C19H28N2O2. The van der Waals surface area contributed by atoms with Crippen molar-refractivity contribution in [3.63, 3.8) is 0 Å². The van der Waals surface area contributed by atoms with Crippen LogP contribution in [-0.4, -0.2) is 34.7 Å². The highest BCUT2D eigenvalue weighted by molar-refractivity contribution is 5.79. The Labute approximate surface area is 138 Å². The summed E-state index contributed by atoms with van der Waals surface area (Å²) in [4.78, 5) is 14.8. The average Bonchev–Trinajstić information content (AvgIpc) is 2.59. The Morgan fingerprint density at radius 3 is 2.61 bits per heavy atom. The number of fused-ring (bicyclic) bond motifs is 1. The van der Waals surface area contributed by atoms with Crippen molar-refractivity contribution in [1.29, 1.82) is 0 Å². The number of rotatable bonds is 4. The second-order valence-electron chi connectivity index (χ2n) is 7.02. The van der Waals surface area contributed by atoms with E-state index < -0.39 is 6.10 Å². The molecule has 1 aromatic rings. The molecule has 1 fully saturated rings. The number of hydrogen-bond acceptors (Lipinski definition) is 3. The van der Waals surface area contributed by atoms with E-state index in [0.717, 1.165) is 45.2 Å². The number of hydrogen-bond donors (Lipinski definition) is 2. The lowest BCUT2D eigenvalue weighted by Gasteiger charge is -2.38. The Morgan fingerprint density at radius 1 is 1.22 bits per heavy atom. The molecule has 1 heterocycles. The quantitative estimate of drug-likeness (QED) is 0.897. The van der Waals surface area contributed by atoms with Crippen LogP contribution in [0.1, 0.15) is 50.2 Å². The van der Waals surface area contributed by atoms with Gasteiger partial charge < -0.3 is 10.4 Å². The minimum atomic E-state index is -0.576. The molecule has 0 bridgehead atoms. The fourth-order valence-corrected chi connectivity index (χ4v) is 3.90. The second-order valence-corrected chi connectivity index (χ2v) is 7.02. The highest BCUT2D eigenvalue weighted by Gasteiger charge is 2.30. The molecule has 1 amide bonds. The van der Waals surface area contributed by atoms with Gasteiger partial charge in [0, 0.05) is 19.0 Å². The Hall–Kier alpha value is -1.39. The molecule has 1 saturated carbocycles. The predicted molar refractivity (Wildman–Crippen MR) is 90.7 cm³/mol. The molecule has 23 heavy (non-hydrogen) atoms. The molecule has 2 aliphatic rings. The number of nitrogens with one attached hydrogen (secondary N) is 1. The Kier molecular flexibility index (Phi) is 5.34. The van der Waals surface area contributed by atoms with Gasteiger partial charge in [0.1, 0.15) is 6.17 Å². The minimum absolute atomic E-state index is 0.120. The van der Waals surface area contributed by atoms with Crippen molar-refractivity contribution in [3.05, 3.63) is 35.4 Å². The van der Waals surface area contributed by atoms with Gasteiger partial charge >= 0.3 is 0 Å². The lowest BCUT2D eigenvalue weighted by atomic mass is 9.88. The first-order chi connectivity index (χ1) is 11.1. The van der Waals surface area contributed by atoms with Gasteiger partial charge in [0.25, 0.3) is 0 Å². The van der Waals surface area contributed by atoms with Crippen LogP contribution in [-0.2, 0) is 17.8 Å². The van der Waals surface area contributed by atoms with Crippen LogP contribution in [0.15, 0.2) is 24.3 Å². The zero-order chi connectivity index (χ0) is 16.2. The van der Waals surface area contributed by atoms with Crippen molar-refractivity contribution in [2.75, 3.05) is 6.54 Å². The molecule has 0 radical (unpaired) electrons. The molecule has 3 rings (SSSR count). The molecule has 1 aromatic carbocycles. The highest BCUT2D eigenvalue weighted by atomic mass is 16.3. The lowest BCUT2D eigenvalue weighted by molar-refractivity contribution is -0.129. The van der Waals surface area contributed by atoms with Crippen molar-refractivity contribution in [2.45, 2.75) is 64.3 Å². The second kappa shape index (κ2) is 7.45. The highest BCUT2D eigenvalue weighted by Crippen LogP contribution is 2.25. The van der Waals surface area contributed by atoms with Crippen LogP contribution in [0.5, 0.6) is 0 Å². The molecule has 126 valence electrons. The van der Waals surface area contributed by atoms with Crippen molar-refractivity contribution in [2.24, 2.45) is 5.92 Å². The van der Waals surface area contributed by atoms with Gasteiger partial charge in [0.2, 0.25) is 5.91 Å². The van der Waals surface area contributed by atoms with Gasteiger partial charge in [-0.05, 0) is 37.3 Å². The van der Waals surface area contributed by atoms with Crippen LogP contribution in [0.25, 0.3) is 0 Å². The van der Waals surface area contributed by atoms with E-state index >= 15 is 0 Å². The fourth-order valence-electron chi connectivity index (χ4n) is 3.90. The van der Waals surface area contributed by atoms with E-state index in [0.29, 0.717) is 0 Å². The standard InChI is InChI=1S/C19H28N2O2/c1-14(22)18(20-19(23)16-8-3-2-4-9-16)21-12-11-15-7-5-6-10-17(15)13-21/h5-7,10,14,16,18,22H,2-4,8-9,11-13H2,1H3,(H,20,23)/t14-,18-/m0/s1. The van der Waals surface area contributed by atoms with Gasteiger partial charge in [0.05, 0.1) is 6.10 Å². The van der Waals surface area contributed by atoms with Gasteiger partial charge in [0.15, 0.2) is 0 Å². The van der Waals surface area contributed by atoms with Crippen molar-refractivity contribution in [3.8, 4) is 0 Å².